The summed E-state index contributed by atoms with van der Waals surface area (Å²) in [4.78, 5) is 23.5. The molecule has 3 aromatic rings. The van der Waals surface area contributed by atoms with Gasteiger partial charge in [-0.15, -0.1) is 0 Å². The lowest BCUT2D eigenvalue weighted by Crippen LogP contribution is -2.14. The van der Waals surface area contributed by atoms with E-state index < -0.39 is 10.8 Å². The predicted molar refractivity (Wildman–Crippen MR) is 122 cm³/mol. The Morgan fingerprint density at radius 3 is 2.52 bits per heavy atom. The number of carbonyl (C=O) groups excluding carboxylic acids is 1. The predicted octanol–water partition coefficient (Wildman–Crippen LogP) is 5.90. The van der Waals surface area contributed by atoms with Crippen LogP contribution in [-0.2, 0) is 6.61 Å². The van der Waals surface area contributed by atoms with E-state index in [4.69, 9.17) is 9.47 Å². The lowest BCUT2D eigenvalue weighted by atomic mass is 10.1. The lowest BCUT2D eigenvalue weighted by Gasteiger charge is -2.16. The highest BCUT2D eigenvalue weighted by molar-refractivity contribution is 9.10. The number of hydrogen-bond acceptors (Lipinski definition) is 5. The van der Waals surface area contributed by atoms with Crippen molar-refractivity contribution >= 4 is 33.2 Å². The van der Waals surface area contributed by atoms with Crippen LogP contribution in [0.2, 0.25) is 0 Å². The zero-order valence-corrected chi connectivity index (χ0v) is 18.6. The van der Waals surface area contributed by atoms with Gasteiger partial charge in [-0.3, -0.25) is 14.9 Å². The molecule has 0 bridgehead atoms. The summed E-state index contributed by atoms with van der Waals surface area (Å²) < 4.78 is 12.2. The van der Waals surface area contributed by atoms with E-state index in [1.54, 1.807) is 25.1 Å². The molecule has 7 nitrogen and oxygen atoms in total. The maximum atomic E-state index is 12.8. The van der Waals surface area contributed by atoms with Crippen molar-refractivity contribution in [1.29, 1.82) is 0 Å². The highest BCUT2D eigenvalue weighted by atomic mass is 79.9. The van der Waals surface area contributed by atoms with E-state index in [0.717, 1.165) is 5.56 Å². The zero-order chi connectivity index (χ0) is 22.4. The fraction of sp³-hybridized carbons (Fsp3) is 0.174. The quantitative estimate of drug-likeness (QED) is 0.317. The summed E-state index contributed by atoms with van der Waals surface area (Å²) in [5.74, 6) is 0.502. The maximum absolute atomic E-state index is 12.8. The summed E-state index contributed by atoms with van der Waals surface area (Å²) in [6, 6.07) is 17.5. The molecule has 0 saturated heterocycles. The lowest BCUT2D eigenvalue weighted by molar-refractivity contribution is -0.385. The fourth-order valence-corrected chi connectivity index (χ4v) is 3.54. The van der Waals surface area contributed by atoms with E-state index in [2.05, 4.69) is 21.2 Å². The first kappa shape index (κ1) is 22.3. The van der Waals surface area contributed by atoms with Gasteiger partial charge in [0.25, 0.3) is 11.6 Å². The molecular weight excluding hydrogens is 464 g/mol. The number of nitro benzene ring substituents is 1. The van der Waals surface area contributed by atoms with Gasteiger partial charge in [0.2, 0.25) is 0 Å². The largest absolute Gasteiger partial charge is 0.490 e. The number of halogens is 1. The first-order valence-electron chi connectivity index (χ1n) is 9.59. The molecule has 3 aromatic carbocycles. The number of carbonyl (C=O) groups is 1. The van der Waals surface area contributed by atoms with Crippen molar-refractivity contribution in [2.45, 2.75) is 20.5 Å². The van der Waals surface area contributed by atoms with E-state index in [0.29, 0.717) is 46.0 Å². The first-order chi connectivity index (χ1) is 14.9. The Hall–Kier alpha value is -3.39. The minimum absolute atomic E-state index is 0.0568. The Kier molecular flexibility index (Phi) is 7.25. The van der Waals surface area contributed by atoms with Crippen LogP contribution in [0.5, 0.6) is 11.5 Å². The van der Waals surface area contributed by atoms with Gasteiger partial charge in [0, 0.05) is 11.6 Å². The molecule has 160 valence electrons. The number of hydrogen-bond donors (Lipinski definition) is 1. The summed E-state index contributed by atoms with van der Waals surface area (Å²) in [6.45, 7) is 4.17. The number of nitrogens with zero attached hydrogens (tertiary/aromatic N) is 1. The molecule has 0 saturated carbocycles. The number of anilines is 1. The fourth-order valence-electron chi connectivity index (χ4n) is 2.98. The molecule has 31 heavy (non-hydrogen) atoms. The van der Waals surface area contributed by atoms with Crippen LogP contribution in [0.15, 0.2) is 65.1 Å². The minimum atomic E-state index is -0.479. The summed E-state index contributed by atoms with van der Waals surface area (Å²) in [5.41, 5.74) is 2.03. The normalized spacial score (nSPS) is 10.4. The molecule has 0 spiro atoms. The second-order valence-corrected chi connectivity index (χ2v) is 7.51. The van der Waals surface area contributed by atoms with Crippen LogP contribution >= 0.6 is 15.9 Å². The zero-order valence-electron chi connectivity index (χ0n) is 17.1. The van der Waals surface area contributed by atoms with Crippen LogP contribution in [-0.4, -0.2) is 17.4 Å². The second-order valence-electron chi connectivity index (χ2n) is 6.65. The van der Waals surface area contributed by atoms with Crippen LogP contribution in [0.1, 0.15) is 28.4 Å². The molecule has 3 rings (SSSR count). The third-order valence-electron chi connectivity index (χ3n) is 4.55. The Morgan fingerprint density at radius 1 is 1.10 bits per heavy atom. The van der Waals surface area contributed by atoms with Gasteiger partial charge in [0.15, 0.2) is 11.5 Å². The Labute approximate surface area is 188 Å². The molecule has 1 amide bonds. The van der Waals surface area contributed by atoms with E-state index in [-0.39, 0.29) is 5.69 Å². The van der Waals surface area contributed by atoms with Crippen molar-refractivity contribution in [1.82, 2.24) is 0 Å². The third kappa shape index (κ3) is 5.40. The molecular formula is C23H21BrN2O5. The molecule has 0 aromatic heterocycles. The van der Waals surface area contributed by atoms with Gasteiger partial charge in [-0.05, 0) is 53.5 Å². The molecule has 0 unspecified atom stereocenters. The van der Waals surface area contributed by atoms with Crippen LogP contribution in [0, 0.1) is 17.0 Å². The average molecular weight is 485 g/mol. The average Bonchev–Trinajstić information content (AvgIpc) is 2.75. The van der Waals surface area contributed by atoms with E-state index >= 15 is 0 Å². The van der Waals surface area contributed by atoms with Gasteiger partial charge in [0.05, 0.1) is 27.3 Å². The first-order valence-corrected chi connectivity index (χ1v) is 10.4. The Morgan fingerprint density at radius 2 is 1.84 bits per heavy atom. The highest BCUT2D eigenvalue weighted by Gasteiger charge is 2.19. The van der Waals surface area contributed by atoms with Crippen LogP contribution in [0.4, 0.5) is 11.4 Å². The maximum Gasteiger partial charge on any atom is 0.274 e. The monoisotopic (exact) mass is 484 g/mol. The van der Waals surface area contributed by atoms with Crippen molar-refractivity contribution < 1.29 is 19.2 Å². The van der Waals surface area contributed by atoms with Crippen LogP contribution in [0.25, 0.3) is 0 Å². The van der Waals surface area contributed by atoms with Gasteiger partial charge in [-0.1, -0.05) is 36.4 Å². The summed E-state index contributed by atoms with van der Waals surface area (Å²) in [7, 11) is 0. The topological polar surface area (TPSA) is 90.7 Å². The number of rotatable bonds is 8. The molecule has 0 aliphatic carbocycles. The Balaban J connectivity index is 1.85. The molecule has 8 heteroatoms. The molecule has 0 aliphatic rings. The standard InChI is InChI=1S/C23H21BrN2O5/c1-3-30-21-13-17(12-18(24)22(21)31-14-16-8-5-4-6-9-16)23(27)25-19-10-7-11-20(15(19)2)26(28)29/h4-13H,3,14H2,1-2H3,(H,25,27). The molecule has 0 atom stereocenters. The van der Waals surface area contributed by atoms with Gasteiger partial charge < -0.3 is 14.8 Å². The van der Waals surface area contributed by atoms with Crippen molar-refractivity contribution in [3.05, 3.63) is 91.9 Å². The van der Waals surface area contributed by atoms with Gasteiger partial charge in [-0.25, -0.2) is 0 Å². The molecule has 0 heterocycles. The van der Waals surface area contributed by atoms with E-state index in [1.807, 2.05) is 37.3 Å². The molecule has 0 fully saturated rings. The van der Waals surface area contributed by atoms with Gasteiger partial charge in [-0.2, -0.15) is 0 Å². The summed E-state index contributed by atoms with van der Waals surface area (Å²) in [6.07, 6.45) is 0. The van der Waals surface area contributed by atoms with Crippen molar-refractivity contribution in [2.24, 2.45) is 0 Å². The van der Waals surface area contributed by atoms with Crippen molar-refractivity contribution in [3.8, 4) is 11.5 Å². The van der Waals surface area contributed by atoms with Gasteiger partial charge in [0.1, 0.15) is 6.61 Å². The highest BCUT2D eigenvalue weighted by Crippen LogP contribution is 2.38. The van der Waals surface area contributed by atoms with Crippen LogP contribution in [0.3, 0.4) is 0 Å². The number of nitro groups is 1. The van der Waals surface area contributed by atoms with E-state index in [1.165, 1.54) is 12.1 Å². The van der Waals surface area contributed by atoms with E-state index in [9.17, 15) is 14.9 Å². The molecule has 0 radical (unpaired) electrons. The summed E-state index contributed by atoms with van der Waals surface area (Å²) in [5, 5.41) is 13.9. The van der Waals surface area contributed by atoms with Gasteiger partial charge >= 0.3 is 0 Å². The Bertz CT molecular complexity index is 1100. The van der Waals surface area contributed by atoms with Crippen molar-refractivity contribution in [3.63, 3.8) is 0 Å². The second kappa shape index (κ2) is 10.1. The van der Waals surface area contributed by atoms with Crippen LogP contribution < -0.4 is 14.8 Å². The molecule has 1 N–H and O–H groups in total. The number of nitrogens with one attached hydrogen (secondary N) is 1. The molecule has 0 aliphatic heterocycles. The summed E-state index contributed by atoms with van der Waals surface area (Å²) >= 11 is 3.47. The SMILES string of the molecule is CCOc1cc(C(=O)Nc2cccc([N+](=O)[O-])c2C)cc(Br)c1OCc1ccccc1. The third-order valence-corrected chi connectivity index (χ3v) is 5.14. The number of amides is 1. The number of ether oxygens (including phenoxy) is 2. The smallest absolute Gasteiger partial charge is 0.274 e. The van der Waals surface area contributed by atoms with Crippen molar-refractivity contribution in [2.75, 3.05) is 11.9 Å². The minimum Gasteiger partial charge on any atom is -0.490 e. The number of benzene rings is 3.